The zero-order chi connectivity index (χ0) is 21.3. The van der Waals surface area contributed by atoms with Crippen molar-refractivity contribution in [1.82, 2.24) is 30.4 Å². The first kappa shape index (κ1) is 21.8. The molecule has 2 atom stereocenters. The largest absolute Gasteiger partial charge is 0.477 e. The second-order valence-corrected chi connectivity index (χ2v) is 8.91. The Balaban J connectivity index is 1.67. The van der Waals surface area contributed by atoms with Crippen LogP contribution in [0.1, 0.15) is 0 Å². The first-order chi connectivity index (χ1) is 13.6. The van der Waals surface area contributed by atoms with Crippen molar-refractivity contribution < 1.29 is 32.7 Å². The number of nitrogens with zero attached hydrogens (tertiary/aromatic N) is 5. The number of alkyl halides is 3. The zero-order valence-electron chi connectivity index (χ0n) is 14.5. The maximum Gasteiger partial charge on any atom is 0.442 e. The number of carbonyl (C=O) groups is 3. The smallest absolute Gasteiger partial charge is 0.442 e. The van der Waals surface area contributed by atoms with Crippen molar-refractivity contribution in [3.63, 3.8) is 0 Å². The normalized spacial score (nSPS) is 21.7. The zero-order valence-corrected chi connectivity index (χ0v) is 17.0. The minimum absolute atomic E-state index is 0.184. The second-order valence-electron chi connectivity index (χ2n) is 5.82. The van der Waals surface area contributed by atoms with E-state index in [1.807, 2.05) is 0 Å². The van der Waals surface area contributed by atoms with E-state index in [4.69, 9.17) is 0 Å². The number of carboxylic acid groups (broad SMARTS) is 1. The summed E-state index contributed by atoms with van der Waals surface area (Å²) < 4.78 is 38.0. The molecule has 2 N–H and O–H groups in total. The van der Waals surface area contributed by atoms with Crippen LogP contribution >= 0.6 is 35.3 Å². The first-order valence-corrected chi connectivity index (χ1v) is 10.9. The predicted molar refractivity (Wildman–Crippen MR) is 97.7 cm³/mol. The third-order valence-electron chi connectivity index (χ3n) is 3.89. The highest BCUT2D eigenvalue weighted by Gasteiger charge is 2.54. The highest BCUT2D eigenvalue weighted by atomic mass is 32.2. The van der Waals surface area contributed by atoms with Gasteiger partial charge in [-0.05, 0) is 27.8 Å². The lowest BCUT2D eigenvalue weighted by atomic mass is 10.0. The number of aromatic nitrogens is 4. The molecule has 0 saturated carbocycles. The molecule has 0 radical (unpaired) electrons. The molecule has 2 aliphatic heterocycles. The molecule has 1 aromatic heterocycles. The number of fused-ring (bicyclic) bond motifs is 1. The standard InChI is InChI=1S/C13H13F3N6O4S3/c1-21-12(18-19-20-21)28-3-5-2-27-10-7(9(24)22(10)8(5)11(25)26)17-6(23)4-29-13(14,15)16/h7,10H,2-4H2,1H3,(H,17,23)(H,25,26)/t7?,10-/m1/s1. The van der Waals surface area contributed by atoms with Crippen LogP contribution in [-0.2, 0) is 21.4 Å². The van der Waals surface area contributed by atoms with E-state index in [0.717, 1.165) is 4.90 Å². The van der Waals surface area contributed by atoms with Gasteiger partial charge in [0.2, 0.25) is 11.1 Å². The van der Waals surface area contributed by atoms with E-state index in [1.165, 1.54) is 28.2 Å². The lowest BCUT2D eigenvalue weighted by Gasteiger charge is -2.49. The average molecular weight is 470 g/mol. The number of hydrogen-bond acceptors (Lipinski definition) is 9. The topological polar surface area (TPSA) is 130 Å². The summed E-state index contributed by atoms with van der Waals surface area (Å²) in [5, 5.41) is 22.6. The molecule has 1 saturated heterocycles. The maximum atomic E-state index is 12.4. The van der Waals surface area contributed by atoms with Crippen LogP contribution in [0.4, 0.5) is 13.2 Å². The highest BCUT2D eigenvalue weighted by molar-refractivity contribution is 8.01. The quantitative estimate of drug-likeness (QED) is 0.424. The molecule has 0 spiro atoms. The molecular formula is C13H13F3N6O4S3. The molecule has 29 heavy (non-hydrogen) atoms. The Hall–Kier alpha value is -1.94. The predicted octanol–water partition coefficient (Wildman–Crippen LogP) is 0.294. The van der Waals surface area contributed by atoms with Gasteiger partial charge < -0.3 is 10.4 Å². The monoisotopic (exact) mass is 470 g/mol. The molecule has 0 aromatic carbocycles. The van der Waals surface area contributed by atoms with E-state index in [9.17, 15) is 32.7 Å². The molecule has 1 aromatic rings. The molecule has 3 rings (SSSR count). The molecule has 16 heteroatoms. The number of nitrogens with one attached hydrogen (secondary N) is 1. The molecule has 2 aliphatic rings. The van der Waals surface area contributed by atoms with Gasteiger partial charge in [-0.15, -0.1) is 16.9 Å². The summed E-state index contributed by atoms with van der Waals surface area (Å²) in [5.74, 6) is -3.28. The average Bonchev–Trinajstić information content (AvgIpc) is 3.06. The molecule has 3 heterocycles. The number of aryl methyl sites for hydroxylation is 1. The highest BCUT2D eigenvalue weighted by Crippen LogP contribution is 2.41. The van der Waals surface area contributed by atoms with Crippen molar-refractivity contribution in [2.75, 3.05) is 17.3 Å². The van der Waals surface area contributed by atoms with Gasteiger partial charge >= 0.3 is 11.5 Å². The van der Waals surface area contributed by atoms with E-state index in [1.54, 1.807) is 7.05 Å². The molecule has 0 aliphatic carbocycles. The number of carboxylic acids is 1. The first-order valence-electron chi connectivity index (χ1n) is 7.83. The van der Waals surface area contributed by atoms with Gasteiger partial charge in [-0.2, -0.15) is 13.2 Å². The van der Waals surface area contributed by atoms with Crippen molar-refractivity contribution in [3.05, 3.63) is 11.3 Å². The number of aliphatic carboxylic acids is 1. The molecule has 2 amide bonds. The van der Waals surface area contributed by atoms with Crippen LogP contribution in [0, 0.1) is 0 Å². The lowest BCUT2D eigenvalue weighted by molar-refractivity contribution is -0.150. The Morgan fingerprint density at radius 2 is 2.14 bits per heavy atom. The van der Waals surface area contributed by atoms with Crippen molar-refractivity contribution >= 4 is 53.1 Å². The van der Waals surface area contributed by atoms with E-state index in [0.29, 0.717) is 10.7 Å². The van der Waals surface area contributed by atoms with Gasteiger partial charge in [-0.3, -0.25) is 14.5 Å². The van der Waals surface area contributed by atoms with Crippen molar-refractivity contribution in [2.24, 2.45) is 7.05 Å². The van der Waals surface area contributed by atoms with Crippen LogP contribution in [0.5, 0.6) is 0 Å². The SMILES string of the molecule is Cn1nnnc1SCC1=C(C(=O)O)N2C(=O)C(NC(=O)CSC(F)(F)F)[C@H]2SC1. The minimum Gasteiger partial charge on any atom is -0.477 e. The van der Waals surface area contributed by atoms with Gasteiger partial charge in [-0.25, -0.2) is 9.48 Å². The van der Waals surface area contributed by atoms with Gasteiger partial charge in [0.25, 0.3) is 5.91 Å². The molecule has 10 nitrogen and oxygen atoms in total. The second kappa shape index (κ2) is 8.43. The number of rotatable bonds is 7. The Morgan fingerprint density at radius 3 is 2.72 bits per heavy atom. The molecule has 1 unspecified atom stereocenters. The number of amides is 2. The molecular weight excluding hydrogens is 457 g/mol. The van der Waals surface area contributed by atoms with Crippen molar-refractivity contribution in [1.29, 1.82) is 0 Å². The fourth-order valence-corrected chi connectivity index (χ4v) is 5.37. The molecule has 158 valence electrons. The van der Waals surface area contributed by atoms with Crippen LogP contribution < -0.4 is 5.32 Å². The fraction of sp³-hybridized carbons (Fsp3) is 0.538. The van der Waals surface area contributed by atoms with Crippen molar-refractivity contribution in [2.45, 2.75) is 22.1 Å². The Kier molecular flexibility index (Phi) is 6.33. The van der Waals surface area contributed by atoms with Crippen LogP contribution in [0.15, 0.2) is 16.4 Å². The minimum atomic E-state index is -4.56. The number of tetrazole rings is 1. The van der Waals surface area contributed by atoms with Crippen molar-refractivity contribution in [3.8, 4) is 0 Å². The summed E-state index contributed by atoms with van der Waals surface area (Å²) in [6.07, 6.45) is 0. The Labute approximate surface area is 174 Å². The van der Waals surface area contributed by atoms with Gasteiger partial charge in [0, 0.05) is 18.6 Å². The summed E-state index contributed by atoms with van der Waals surface area (Å²) in [5.41, 5.74) is -4.26. The summed E-state index contributed by atoms with van der Waals surface area (Å²) in [6, 6.07) is -1.06. The summed E-state index contributed by atoms with van der Waals surface area (Å²) in [6.45, 7) is 0. The molecule has 0 bridgehead atoms. The van der Waals surface area contributed by atoms with Gasteiger partial charge in [0.15, 0.2) is 0 Å². The summed E-state index contributed by atoms with van der Waals surface area (Å²) in [4.78, 5) is 36.9. The van der Waals surface area contributed by atoms with Gasteiger partial charge in [0.05, 0.1) is 5.75 Å². The third kappa shape index (κ3) is 4.80. The number of halogens is 3. The summed E-state index contributed by atoms with van der Waals surface area (Å²) in [7, 11) is 1.63. The van der Waals surface area contributed by atoms with Crippen LogP contribution in [0.3, 0.4) is 0 Å². The Bertz CT molecular complexity index is 876. The van der Waals surface area contributed by atoms with E-state index >= 15 is 0 Å². The Morgan fingerprint density at radius 1 is 1.41 bits per heavy atom. The number of carbonyl (C=O) groups excluding carboxylic acids is 2. The van der Waals surface area contributed by atoms with E-state index < -0.39 is 52.2 Å². The summed E-state index contributed by atoms with van der Waals surface area (Å²) >= 11 is 1.93. The third-order valence-corrected chi connectivity index (χ3v) is 7.06. The number of β-lactam (4-membered cyclic amide) rings is 1. The van der Waals surface area contributed by atoms with Crippen LogP contribution in [0.2, 0.25) is 0 Å². The van der Waals surface area contributed by atoms with Gasteiger partial charge in [0.1, 0.15) is 17.1 Å². The fourth-order valence-electron chi connectivity index (χ4n) is 2.65. The van der Waals surface area contributed by atoms with Crippen LogP contribution in [-0.4, -0.2) is 82.2 Å². The maximum absolute atomic E-state index is 12.4. The van der Waals surface area contributed by atoms with Gasteiger partial charge in [-0.1, -0.05) is 11.8 Å². The molecule has 1 fully saturated rings. The van der Waals surface area contributed by atoms with E-state index in [2.05, 4.69) is 20.8 Å². The lowest BCUT2D eigenvalue weighted by Crippen LogP contribution is -2.70. The number of hydrogen-bond donors (Lipinski definition) is 2. The number of thioether (sulfide) groups is 3. The van der Waals surface area contributed by atoms with Crippen LogP contribution in [0.25, 0.3) is 0 Å². The van der Waals surface area contributed by atoms with E-state index in [-0.39, 0.29) is 17.2 Å².